The van der Waals surface area contributed by atoms with Crippen molar-refractivity contribution in [3.05, 3.63) is 46.5 Å². The number of carbonyl (C=O) groups excluding carboxylic acids is 1. The van der Waals surface area contributed by atoms with Crippen molar-refractivity contribution in [2.45, 2.75) is 32.4 Å². The highest BCUT2D eigenvalue weighted by molar-refractivity contribution is 5.81. The fraction of sp³-hybridized carbons (Fsp3) is 0.412. The number of para-hydroxylation sites is 2. The largest absolute Gasteiger partial charge is 0.340 e. The maximum atomic E-state index is 12.9. The van der Waals surface area contributed by atoms with Crippen molar-refractivity contribution in [3.63, 3.8) is 0 Å². The van der Waals surface area contributed by atoms with Crippen LogP contribution in [0.5, 0.6) is 0 Å². The number of likely N-dealkylation sites (tertiary alicyclic amines) is 1. The van der Waals surface area contributed by atoms with E-state index in [1.165, 1.54) is 4.57 Å². The van der Waals surface area contributed by atoms with Crippen LogP contribution in [-0.4, -0.2) is 36.6 Å². The number of hydrogen-bond donors (Lipinski definition) is 0. The fourth-order valence-corrected chi connectivity index (χ4v) is 3.53. The summed E-state index contributed by atoms with van der Waals surface area (Å²) in [5.74, 6) is 0.914. The molecule has 8 nitrogen and oxygen atoms in total. The summed E-state index contributed by atoms with van der Waals surface area (Å²) in [6, 6.07) is 7.29. The Morgan fingerprint density at radius 3 is 2.80 bits per heavy atom. The highest BCUT2D eigenvalue weighted by Crippen LogP contribution is 2.30. The minimum Gasteiger partial charge on any atom is -0.340 e. The summed E-state index contributed by atoms with van der Waals surface area (Å²) in [5.41, 5.74) is 1.38. The van der Waals surface area contributed by atoms with Crippen LogP contribution < -0.4 is 5.69 Å². The van der Waals surface area contributed by atoms with Gasteiger partial charge in [-0.25, -0.2) is 4.79 Å². The average molecular weight is 341 g/mol. The molecule has 25 heavy (non-hydrogen) atoms. The van der Waals surface area contributed by atoms with Crippen LogP contribution >= 0.6 is 0 Å². The molecule has 1 aliphatic rings. The molecule has 1 fully saturated rings. The Bertz CT molecular complexity index is 999. The van der Waals surface area contributed by atoms with E-state index >= 15 is 0 Å². The molecular weight excluding hydrogens is 322 g/mol. The Morgan fingerprint density at radius 2 is 2.08 bits per heavy atom. The summed E-state index contributed by atoms with van der Waals surface area (Å²) in [5, 5.41) is 3.96. The third kappa shape index (κ3) is 2.54. The third-order valence-corrected chi connectivity index (χ3v) is 4.76. The lowest BCUT2D eigenvalue weighted by Gasteiger charge is -2.22. The van der Waals surface area contributed by atoms with Gasteiger partial charge in [-0.2, -0.15) is 4.98 Å². The monoisotopic (exact) mass is 341 g/mol. The molecule has 0 spiro atoms. The highest BCUT2D eigenvalue weighted by atomic mass is 16.5. The smallest absolute Gasteiger partial charge is 0.329 e. The van der Waals surface area contributed by atoms with E-state index in [0.717, 1.165) is 23.9 Å². The number of hydrogen-bond acceptors (Lipinski definition) is 5. The number of benzene rings is 1. The van der Waals surface area contributed by atoms with E-state index in [-0.39, 0.29) is 24.2 Å². The van der Waals surface area contributed by atoms with Crippen molar-refractivity contribution in [1.82, 2.24) is 24.2 Å². The maximum absolute atomic E-state index is 12.9. The van der Waals surface area contributed by atoms with Gasteiger partial charge in [0.1, 0.15) is 6.54 Å². The van der Waals surface area contributed by atoms with Crippen LogP contribution in [0.2, 0.25) is 0 Å². The van der Waals surface area contributed by atoms with E-state index in [2.05, 4.69) is 10.1 Å². The second-order valence-corrected chi connectivity index (χ2v) is 6.33. The van der Waals surface area contributed by atoms with Gasteiger partial charge >= 0.3 is 5.69 Å². The van der Waals surface area contributed by atoms with Gasteiger partial charge in [0.05, 0.1) is 17.1 Å². The fourth-order valence-electron chi connectivity index (χ4n) is 3.53. The molecule has 0 aliphatic carbocycles. The standard InChI is InChI=1S/C17H19N5O3/c1-11-18-16(19-25-11)14-8-5-9-21(14)15(23)10-22-13-7-4-3-6-12(13)20(2)17(22)24/h3-4,6-7,14H,5,8-10H2,1-2H3/t14-/m0/s1. The highest BCUT2D eigenvalue weighted by Gasteiger charge is 2.33. The number of fused-ring (bicyclic) bond motifs is 1. The van der Waals surface area contributed by atoms with Gasteiger partial charge in [0, 0.05) is 20.5 Å². The minimum absolute atomic E-state index is 0.00746. The molecule has 1 aromatic carbocycles. The molecule has 1 amide bonds. The molecule has 4 rings (SSSR count). The van der Waals surface area contributed by atoms with Crippen molar-refractivity contribution in [3.8, 4) is 0 Å². The summed E-state index contributed by atoms with van der Waals surface area (Å²) >= 11 is 0. The first-order valence-electron chi connectivity index (χ1n) is 8.30. The van der Waals surface area contributed by atoms with E-state index in [1.807, 2.05) is 24.3 Å². The van der Waals surface area contributed by atoms with Gasteiger partial charge in [-0.05, 0) is 25.0 Å². The Labute approximate surface area is 143 Å². The van der Waals surface area contributed by atoms with E-state index in [1.54, 1.807) is 23.4 Å². The number of aromatic nitrogens is 4. The second-order valence-electron chi connectivity index (χ2n) is 6.33. The molecule has 3 heterocycles. The first-order valence-corrected chi connectivity index (χ1v) is 8.30. The van der Waals surface area contributed by atoms with E-state index in [9.17, 15) is 9.59 Å². The van der Waals surface area contributed by atoms with Crippen molar-refractivity contribution >= 4 is 16.9 Å². The van der Waals surface area contributed by atoms with Gasteiger partial charge in [0.2, 0.25) is 11.8 Å². The number of carbonyl (C=O) groups is 1. The Hall–Kier alpha value is -2.90. The average Bonchev–Trinajstić information content (AvgIpc) is 3.31. The molecule has 1 aliphatic heterocycles. The SMILES string of the molecule is Cc1nc([C@@H]2CCCN2C(=O)Cn2c(=O)n(C)c3ccccc32)no1. The number of aryl methyl sites for hydroxylation is 2. The number of nitrogens with zero attached hydrogens (tertiary/aromatic N) is 5. The molecule has 3 aromatic rings. The predicted octanol–water partition coefficient (Wildman–Crippen LogP) is 1.40. The van der Waals surface area contributed by atoms with Gasteiger partial charge in [-0.1, -0.05) is 17.3 Å². The Morgan fingerprint density at radius 1 is 1.32 bits per heavy atom. The summed E-state index contributed by atoms with van der Waals surface area (Å²) in [6.07, 6.45) is 1.68. The zero-order valence-electron chi connectivity index (χ0n) is 14.2. The van der Waals surface area contributed by atoms with Crippen molar-refractivity contribution in [2.24, 2.45) is 7.05 Å². The van der Waals surface area contributed by atoms with Crippen molar-refractivity contribution in [1.29, 1.82) is 0 Å². The summed E-state index contributed by atoms with van der Waals surface area (Å²) in [7, 11) is 1.71. The summed E-state index contributed by atoms with van der Waals surface area (Å²) < 4.78 is 8.13. The van der Waals surface area contributed by atoms with Crippen LogP contribution in [-0.2, 0) is 18.4 Å². The number of rotatable bonds is 3. The first-order chi connectivity index (χ1) is 12.1. The minimum atomic E-state index is -0.194. The molecule has 1 saturated heterocycles. The van der Waals surface area contributed by atoms with Gasteiger partial charge < -0.3 is 9.42 Å². The maximum Gasteiger partial charge on any atom is 0.329 e. The molecule has 0 N–H and O–H groups in total. The second kappa shape index (κ2) is 5.87. The zero-order chi connectivity index (χ0) is 17.6. The normalized spacial score (nSPS) is 17.5. The van der Waals surface area contributed by atoms with Crippen molar-refractivity contribution < 1.29 is 9.32 Å². The molecule has 130 valence electrons. The first kappa shape index (κ1) is 15.6. The topological polar surface area (TPSA) is 86.2 Å². The molecule has 0 bridgehead atoms. The lowest BCUT2D eigenvalue weighted by molar-refractivity contribution is -0.132. The van der Waals surface area contributed by atoms with Gasteiger partial charge in [0.15, 0.2) is 5.82 Å². The number of amides is 1. The van der Waals surface area contributed by atoms with Crippen LogP contribution in [0.15, 0.2) is 33.6 Å². The predicted molar refractivity (Wildman–Crippen MR) is 89.9 cm³/mol. The molecule has 2 aromatic heterocycles. The Kier molecular flexibility index (Phi) is 3.67. The van der Waals surface area contributed by atoms with Crippen LogP contribution in [0.4, 0.5) is 0 Å². The molecule has 0 saturated carbocycles. The quantitative estimate of drug-likeness (QED) is 0.719. The lowest BCUT2D eigenvalue weighted by atomic mass is 10.2. The molecular formula is C17H19N5O3. The summed E-state index contributed by atoms with van der Waals surface area (Å²) in [4.78, 5) is 31.4. The number of imidazole rings is 1. The third-order valence-electron chi connectivity index (χ3n) is 4.76. The van der Waals surface area contributed by atoms with E-state index < -0.39 is 0 Å². The van der Waals surface area contributed by atoms with E-state index in [0.29, 0.717) is 18.3 Å². The molecule has 1 atom stereocenters. The zero-order valence-corrected chi connectivity index (χ0v) is 14.2. The van der Waals surface area contributed by atoms with Crippen LogP contribution in [0.3, 0.4) is 0 Å². The van der Waals surface area contributed by atoms with Crippen molar-refractivity contribution in [2.75, 3.05) is 6.54 Å². The van der Waals surface area contributed by atoms with Crippen LogP contribution in [0.25, 0.3) is 11.0 Å². The van der Waals surface area contributed by atoms with Crippen LogP contribution in [0, 0.1) is 6.92 Å². The van der Waals surface area contributed by atoms with Gasteiger partial charge in [-0.15, -0.1) is 0 Å². The lowest BCUT2D eigenvalue weighted by Crippen LogP contribution is -2.36. The van der Waals surface area contributed by atoms with Gasteiger partial charge in [0.25, 0.3) is 0 Å². The Balaban J connectivity index is 1.64. The van der Waals surface area contributed by atoms with E-state index in [4.69, 9.17) is 4.52 Å². The molecule has 0 radical (unpaired) electrons. The molecule has 8 heteroatoms. The summed E-state index contributed by atoms with van der Waals surface area (Å²) in [6.45, 7) is 2.37. The molecule has 0 unspecified atom stereocenters. The van der Waals surface area contributed by atoms with Gasteiger partial charge in [-0.3, -0.25) is 13.9 Å². The van der Waals surface area contributed by atoms with Crippen LogP contribution in [0.1, 0.15) is 30.6 Å².